The van der Waals surface area contributed by atoms with Crippen molar-refractivity contribution in [1.29, 1.82) is 0 Å². The number of aliphatic hydroxyl groups is 1. The summed E-state index contributed by atoms with van der Waals surface area (Å²) in [5.41, 5.74) is 1.57. The van der Waals surface area contributed by atoms with Gasteiger partial charge in [0, 0.05) is 25.4 Å². The van der Waals surface area contributed by atoms with Gasteiger partial charge in [-0.2, -0.15) is 0 Å². The standard InChI is InChI=1S/C9H14N2O/c1-6-7(2)10(4)8(3)11(5)9(6)12/h12H,2-3H2,1,4-5H3. The predicted octanol–water partition coefficient (Wildman–Crippen LogP) is 1.64. The molecule has 0 aromatic rings. The molecule has 0 unspecified atom stereocenters. The number of hydrogen-bond acceptors (Lipinski definition) is 3. The Morgan fingerprint density at radius 1 is 1.17 bits per heavy atom. The molecule has 0 spiro atoms. The molecule has 0 aromatic carbocycles. The number of nitrogens with zero attached hydrogens (tertiary/aromatic N) is 2. The Labute approximate surface area is 72.9 Å². The Bertz CT molecular complexity index is 278. The van der Waals surface area contributed by atoms with Gasteiger partial charge < -0.3 is 14.9 Å². The monoisotopic (exact) mass is 166 g/mol. The fourth-order valence-corrected chi connectivity index (χ4v) is 1.14. The van der Waals surface area contributed by atoms with Gasteiger partial charge in [0.1, 0.15) is 5.82 Å². The molecular formula is C9H14N2O. The van der Waals surface area contributed by atoms with E-state index in [-0.39, 0.29) is 5.88 Å². The summed E-state index contributed by atoms with van der Waals surface area (Å²) in [6.45, 7) is 9.47. The van der Waals surface area contributed by atoms with E-state index >= 15 is 0 Å². The lowest BCUT2D eigenvalue weighted by atomic mass is 10.2. The molecule has 0 atom stereocenters. The number of likely N-dealkylation sites (N-methyl/N-ethyl adjacent to an activating group) is 1. The lowest BCUT2D eigenvalue weighted by Crippen LogP contribution is -2.34. The molecular weight excluding hydrogens is 152 g/mol. The van der Waals surface area contributed by atoms with Crippen molar-refractivity contribution in [3.8, 4) is 0 Å². The van der Waals surface area contributed by atoms with Gasteiger partial charge in [0.05, 0.1) is 0 Å². The molecule has 3 heteroatoms. The van der Waals surface area contributed by atoms with Crippen LogP contribution in [0.15, 0.2) is 36.1 Å². The van der Waals surface area contributed by atoms with E-state index in [0.29, 0.717) is 0 Å². The summed E-state index contributed by atoms with van der Waals surface area (Å²) in [5, 5.41) is 9.56. The molecule has 66 valence electrons. The highest BCUT2D eigenvalue weighted by atomic mass is 16.3. The Hall–Kier alpha value is -1.38. The summed E-state index contributed by atoms with van der Waals surface area (Å²) in [4.78, 5) is 3.47. The van der Waals surface area contributed by atoms with Crippen LogP contribution in [0.25, 0.3) is 0 Å². The average Bonchev–Trinajstić information content (AvgIpc) is 2.08. The lowest BCUT2D eigenvalue weighted by molar-refractivity contribution is 0.208. The van der Waals surface area contributed by atoms with Gasteiger partial charge in [-0.05, 0) is 6.92 Å². The lowest BCUT2D eigenvalue weighted by Gasteiger charge is -2.36. The minimum atomic E-state index is 0.225. The first-order valence-corrected chi connectivity index (χ1v) is 3.72. The van der Waals surface area contributed by atoms with Crippen molar-refractivity contribution in [3.05, 3.63) is 36.1 Å². The van der Waals surface area contributed by atoms with Gasteiger partial charge in [-0.15, -0.1) is 0 Å². The number of rotatable bonds is 0. The maximum absolute atomic E-state index is 9.56. The van der Waals surface area contributed by atoms with E-state index in [9.17, 15) is 5.11 Å². The van der Waals surface area contributed by atoms with E-state index < -0.39 is 0 Å². The normalized spacial score (nSPS) is 19.2. The van der Waals surface area contributed by atoms with E-state index in [0.717, 1.165) is 17.1 Å². The van der Waals surface area contributed by atoms with Gasteiger partial charge in [0.15, 0.2) is 5.88 Å². The summed E-state index contributed by atoms with van der Waals surface area (Å²) >= 11 is 0. The quantitative estimate of drug-likeness (QED) is 0.592. The van der Waals surface area contributed by atoms with Crippen LogP contribution in [0.3, 0.4) is 0 Å². The van der Waals surface area contributed by atoms with Crippen molar-refractivity contribution < 1.29 is 5.11 Å². The first kappa shape index (κ1) is 8.71. The number of aliphatic hydroxyl groups excluding tert-OH is 1. The minimum absolute atomic E-state index is 0.225. The molecule has 0 saturated carbocycles. The zero-order chi connectivity index (χ0) is 9.46. The van der Waals surface area contributed by atoms with Gasteiger partial charge in [-0.25, -0.2) is 0 Å². The van der Waals surface area contributed by atoms with Crippen molar-refractivity contribution in [2.45, 2.75) is 6.92 Å². The number of hydrogen-bond donors (Lipinski definition) is 1. The second-order valence-corrected chi connectivity index (χ2v) is 2.93. The molecule has 0 aliphatic carbocycles. The average molecular weight is 166 g/mol. The second kappa shape index (κ2) is 2.59. The van der Waals surface area contributed by atoms with Crippen molar-refractivity contribution in [3.63, 3.8) is 0 Å². The molecule has 0 amide bonds. The van der Waals surface area contributed by atoms with Crippen molar-refractivity contribution >= 4 is 0 Å². The minimum Gasteiger partial charge on any atom is -0.494 e. The van der Waals surface area contributed by atoms with E-state index in [2.05, 4.69) is 13.2 Å². The molecule has 1 aliphatic heterocycles. The van der Waals surface area contributed by atoms with Gasteiger partial charge in [-0.1, -0.05) is 13.2 Å². The molecule has 1 N–H and O–H groups in total. The molecule has 3 nitrogen and oxygen atoms in total. The van der Waals surface area contributed by atoms with Crippen LogP contribution in [-0.2, 0) is 0 Å². The fraction of sp³-hybridized carbons (Fsp3) is 0.333. The van der Waals surface area contributed by atoms with Crippen LogP contribution in [-0.4, -0.2) is 29.0 Å². The molecule has 0 aromatic heterocycles. The fourth-order valence-electron chi connectivity index (χ4n) is 1.14. The van der Waals surface area contributed by atoms with Gasteiger partial charge >= 0.3 is 0 Å². The van der Waals surface area contributed by atoms with Gasteiger partial charge in [0.25, 0.3) is 0 Å². The number of allylic oxidation sites excluding steroid dienone is 1. The SMILES string of the molecule is C=C1C(C)=C(O)N(C)C(=C)N1C. The molecule has 0 fully saturated rings. The van der Waals surface area contributed by atoms with Crippen LogP contribution in [0.4, 0.5) is 0 Å². The molecule has 12 heavy (non-hydrogen) atoms. The molecule has 0 saturated heterocycles. The van der Waals surface area contributed by atoms with Gasteiger partial charge in [0.2, 0.25) is 0 Å². The molecule has 1 rings (SSSR count). The van der Waals surface area contributed by atoms with E-state index in [1.165, 1.54) is 0 Å². The smallest absolute Gasteiger partial charge is 0.197 e. The van der Waals surface area contributed by atoms with E-state index in [4.69, 9.17) is 0 Å². The Morgan fingerprint density at radius 3 is 2.17 bits per heavy atom. The Kier molecular flexibility index (Phi) is 1.88. The van der Waals surface area contributed by atoms with Crippen molar-refractivity contribution in [1.82, 2.24) is 9.80 Å². The third-order valence-electron chi connectivity index (χ3n) is 2.27. The van der Waals surface area contributed by atoms with Gasteiger partial charge in [-0.3, -0.25) is 0 Å². The molecule has 0 radical (unpaired) electrons. The first-order valence-electron chi connectivity index (χ1n) is 3.72. The highest BCUT2D eigenvalue weighted by Crippen LogP contribution is 2.27. The molecule has 1 aliphatic rings. The second-order valence-electron chi connectivity index (χ2n) is 2.93. The zero-order valence-corrected chi connectivity index (χ0v) is 7.76. The summed E-state index contributed by atoms with van der Waals surface area (Å²) in [6.07, 6.45) is 0. The summed E-state index contributed by atoms with van der Waals surface area (Å²) < 4.78 is 0. The van der Waals surface area contributed by atoms with Crippen LogP contribution in [0.1, 0.15) is 6.92 Å². The van der Waals surface area contributed by atoms with Crippen LogP contribution >= 0.6 is 0 Å². The van der Waals surface area contributed by atoms with Crippen molar-refractivity contribution in [2.75, 3.05) is 14.1 Å². The Balaban J connectivity index is 3.17. The van der Waals surface area contributed by atoms with Crippen molar-refractivity contribution in [2.24, 2.45) is 0 Å². The highest BCUT2D eigenvalue weighted by Gasteiger charge is 2.23. The maximum Gasteiger partial charge on any atom is 0.197 e. The largest absolute Gasteiger partial charge is 0.494 e. The summed E-state index contributed by atoms with van der Waals surface area (Å²) in [6, 6.07) is 0. The predicted molar refractivity (Wildman–Crippen MR) is 49.1 cm³/mol. The van der Waals surface area contributed by atoms with Crippen LogP contribution in [0, 0.1) is 0 Å². The maximum atomic E-state index is 9.56. The topological polar surface area (TPSA) is 26.7 Å². The highest BCUT2D eigenvalue weighted by molar-refractivity contribution is 5.34. The first-order chi connectivity index (χ1) is 5.46. The van der Waals surface area contributed by atoms with E-state index in [1.807, 2.05) is 18.9 Å². The van der Waals surface area contributed by atoms with Crippen LogP contribution in [0.5, 0.6) is 0 Å². The van der Waals surface area contributed by atoms with Crippen LogP contribution < -0.4 is 0 Å². The summed E-state index contributed by atoms with van der Waals surface area (Å²) in [5.74, 6) is 0.950. The van der Waals surface area contributed by atoms with Crippen LogP contribution in [0.2, 0.25) is 0 Å². The third kappa shape index (κ3) is 0.978. The zero-order valence-electron chi connectivity index (χ0n) is 7.76. The molecule has 0 bridgehead atoms. The Morgan fingerprint density at radius 2 is 1.67 bits per heavy atom. The summed E-state index contributed by atoms with van der Waals surface area (Å²) in [7, 11) is 3.64. The third-order valence-corrected chi connectivity index (χ3v) is 2.27. The van der Waals surface area contributed by atoms with E-state index in [1.54, 1.807) is 11.9 Å². The molecule has 1 heterocycles.